The quantitative estimate of drug-likeness (QED) is 0.664. The Balaban J connectivity index is 2.48. The summed E-state index contributed by atoms with van der Waals surface area (Å²) in [5.41, 5.74) is 4.24. The molecule has 0 N–H and O–H groups in total. The molecule has 0 aromatic heterocycles. The van der Waals surface area contributed by atoms with E-state index in [1.807, 2.05) is 0 Å². The van der Waals surface area contributed by atoms with E-state index >= 15 is 0 Å². The summed E-state index contributed by atoms with van der Waals surface area (Å²) in [6.45, 7) is 8.92. The maximum atomic E-state index is 3.77. The molecule has 0 radical (unpaired) electrons. The summed E-state index contributed by atoms with van der Waals surface area (Å²) in [7, 11) is 0. The largest absolute Gasteiger partial charge is 0.0890 e. The fourth-order valence-electron chi connectivity index (χ4n) is 2.17. The highest BCUT2D eigenvalue weighted by atomic mass is 79.9. The molecule has 0 saturated carbocycles. The van der Waals surface area contributed by atoms with Gasteiger partial charge in [-0.05, 0) is 44.6 Å². The Morgan fingerprint density at radius 3 is 2.12 bits per heavy atom. The Morgan fingerprint density at radius 1 is 1.06 bits per heavy atom. The third kappa shape index (κ3) is 5.16. The summed E-state index contributed by atoms with van der Waals surface area (Å²) in [4.78, 5) is 0.660. The molecule has 16 heavy (non-hydrogen) atoms. The van der Waals surface area contributed by atoms with Crippen molar-refractivity contribution in [3.63, 3.8) is 0 Å². The van der Waals surface area contributed by atoms with Gasteiger partial charge in [-0.3, -0.25) is 0 Å². The van der Waals surface area contributed by atoms with Crippen LogP contribution in [0.3, 0.4) is 0 Å². The molecule has 0 aliphatic rings. The molecule has 0 nitrogen and oxygen atoms in total. The third-order valence-corrected chi connectivity index (χ3v) is 3.59. The van der Waals surface area contributed by atoms with Crippen molar-refractivity contribution in [1.29, 1.82) is 0 Å². The van der Waals surface area contributed by atoms with Crippen LogP contribution in [0.5, 0.6) is 0 Å². The lowest BCUT2D eigenvalue weighted by molar-refractivity contribution is 0.554. The maximum Gasteiger partial charge on any atom is 0.0151 e. The molecule has 1 atom stereocenters. The van der Waals surface area contributed by atoms with Crippen LogP contribution in [-0.2, 0) is 6.42 Å². The first-order valence-electron chi connectivity index (χ1n) is 6.18. The van der Waals surface area contributed by atoms with Gasteiger partial charge in [-0.1, -0.05) is 59.1 Å². The van der Waals surface area contributed by atoms with Gasteiger partial charge in [-0.15, -0.1) is 0 Å². The predicted molar refractivity (Wildman–Crippen MR) is 76.4 cm³/mol. The lowest BCUT2D eigenvalue weighted by Gasteiger charge is -2.12. The van der Waals surface area contributed by atoms with E-state index in [0.717, 1.165) is 5.92 Å². The number of alkyl halides is 1. The molecular formula is C15H23Br. The average molecular weight is 283 g/mol. The van der Waals surface area contributed by atoms with Crippen LogP contribution in [0.15, 0.2) is 18.2 Å². The molecule has 1 rings (SSSR count). The van der Waals surface area contributed by atoms with Gasteiger partial charge in [0.05, 0.1) is 0 Å². The molecule has 1 heteroatoms. The van der Waals surface area contributed by atoms with E-state index in [1.54, 1.807) is 0 Å². The van der Waals surface area contributed by atoms with Gasteiger partial charge in [0, 0.05) is 4.83 Å². The Hall–Kier alpha value is -0.300. The van der Waals surface area contributed by atoms with Crippen LogP contribution in [0.1, 0.15) is 43.4 Å². The molecule has 0 spiro atoms. The van der Waals surface area contributed by atoms with Gasteiger partial charge in [-0.25, -0.2) is 0 Å². The van der Waals surface area contributed by atoms with Crippen molar-refractivity contribution in [1.82, 2.24) is 0 Å². The van der Waals surface area contributed by atoms with Gasteiger partial charge < -0.3 is 0 Å². The highest BCUT2D eigenvalue weighted by molar-refractivity contribution is 9.09. The number of aryl methyl sites for hydroxylation is 3. The summed E-state index contributed by atoms with van der Waals surface area (Å²) < 4.78 is 0. The van der Waals surface area contributed by atoms with Crippen molar-refractivity contribution >= 4 is 15.9 Å². The summed E-state index contributed by atoms with van der Waals surface area (Å²) in [5.74, 6) is 0.781. The Labute approximate surface area is 109 Å². The highest BCUT2D eigenvalue weighted by Gasteiger charge is 2.07. The second-order valence-electron chi connectivity index (χ2n) is 5.26. The Morgan fingerprint density at radius 2 is 1.62 bits per heavy atom. The monoisotopic (exact) mass is 282 g/mol. The average Bonchev–Trinajstić information content (AvgIpc) is 2.12. The molecule has 0 bridgehead atoms. The van der Waals surface area contributed by atoms with Gasteiger partial charge >= 0.3 is 0 Å². The summed E-state index contributed by atoms with van der Waals surface area (Å²) in [6, 6.07) is 6.85. The van der Waals surface area contributed by atoms with E-state index in [2.05, 4.69) is 61.8 Å². The van der Waals surface area contributed by atoms with Crippen molar-refractivity contribution < 1.29 is 0 Å². The van der Waals surface area contributed by atoms with Crippen molar-refractivity contribution in [2.75, 3.05) is 0 Å². The topological polar surface area (TPSA) is 0 Å². The van der Waals surface area contributed by atoms with E-state index in [-0.39, 0.29) is 0 Å². The van der Waals surface area contributed by atoms with Crippen LogP contribution in [0, 0.1) is 19.8 Å². The van der Waals surface area contributed by atoms with Crippen molar-refractivity contribution in [3.8, 4) is 0 Å². The molecule has 1 unspecified atom stereocenters. The molecule has 0 amide bonds. The lowest BCUT2D eigenvalue weighted by atomic mass is 10.00. The molecule has 0 heterocycles. The van der Waals surface area contributed by atoms with E-state index in [9.17, 15) is 0 Å². The van der Waals surface area contributed by atoms with Crippen LogP contribution < -0.4 is 0 Å². The summed E-state index contributed by atoms with van der Waals surface area (Å²) in [6.07, 6.45) is 3.69. The van der Waals surface area contributed by atoms with E-state index in [0.29, 0.717) is 4.83 Å². The summed E-state index contributed by atoms with van der Waals surface area (Å²) in [5, 5.41) is 0. The first-order valence-corrected chi connectivity index (χ1v) is 7.10. The fraction of sp³-hybridized carbons (Fsp3) is 0.600. The van der Waals surface area contributed by atoms with Gasteiger partial charge in [0.1, 0.15) is 0 Å². The lowest BCUT2D eigenvalue weighted by Crippen LogP contribution is -2.04. The molecule has 0 fully saturated rings. The summed E-state index contributed by atoms with van der Waals surface area (Å²) >= 11 is 3.77. The van der Waals surface area contributed by atoms with Gasteiger partial charge in [0.2, 0.25) is 0 Å². The SMILES string of the molecule is Cc1cc(C)cc(CCC(Br)CC(C)C)c1. The number of hydrogen-bond acceptors (Lipinski definition) is 0. The van der Waals surface area contributed by atoms with Crippen LogP contribution >= 0.6 is 15.9 Å². The molecule has 90 valence electrons. The number of hydrogen-bond donors (Lipinski definition) is 0. The third-order valence-electron chi connectivity index (χ3n) is 2.75. The Bertz CT molecular complexity index is 308. The van der Waals surface area contributed by atoms with Gasteiger partial charge in [0.15, 0.2) is 0 Å². The second kappa shape index (κ2) is 6.44. The zero-order chi connectivity index (χ0) is 12.1. The molecule has 0 aliphatic carbocycles. The van der Waals surface area contributed by atoms with Crippen molar-refractivity contribution in [2.45, 2.75) is 51.8 Å². The second-order valence-corrected chi connectivity index (χ2v) is 6.56. The highest BCUT2D eigenvalue weighted by Crippen LogP contribution is 2.19. The number of rotatable bonds is 5. The van der Waals surface area contributed by atoms with E-state index in [4.69, 9.17) is 0 Å². The fourth-order valence-corrected chi connectivity index (χ4v) is 3.14. The zero-order valence-corrected chi connectivity index (χ0v) is 12.5. The van der Waals surface area contributed by atoms with Crippen molar-refractivity contribution in [2.24, 2.45) is 5.92 Å². The van der Waals surface area contributed by atoms with Crippen molar-refractivity contribution in [3.05, 3.63) is 34.9 Å². The molecule has 0 saturated heterocycles. The van der Waals surface area contributed by atoms with Gasteiger partial charge in [0.25, 0.3) is 0 Å². The molecular weight excluding hydrogens is 260 g/mol. The molecule has 1 aromatic carbocycles. The van der Waals surface area contributed by atoms with Crippen LogP contribution in [-0.4, -0.2) is 4.83 Å². The minimum absolute atomic E-state index is 0.660. The van der Waals surface area contributed by atoms with Crippen LogP contribution in [0.25, 0.3) is 0 Å². The number of benzene rings is 1. The minimum atomic E-state index is 0.660. The van der Waals surface area contributed by atoms with E-state index in [1.165, 1.54) is 36.0 Å². The predicted octanol–water partition coefficient (Wildman–Crippen LogP) is 5.05. The van der Waals surface area contributed by atoms with Gasteiger partial charge in [-0.2, -0.15) is 0 Å². The smallest absolute Gasteiger partial charge is 0.0151 e. The van der Waals surface area contributed by atoms with Crippen LogP contribution in [0.4, 0.5) is 0 Å². The first kappa shape index (κ1) is 13.8. The maximum absolute atomic E-state index is 3.77. The Kier molecular flexibility index (Phi) is 5.54. The first-order chi connectivity index (χ1) is 7.47. The number of halogens is 1. The minimum Gasteiger partial charge on any atom is -0.0890 e. The zero-order valence-electron chi connectivity index (χ0n) is 10.9. The molecule has 1 aromatic rings. The molecule has 0 aliphatic heterocycles. The standard InChI is InChI=1S/C15H23Br/c1-11(2)7-15(16)6-5-14-9-12(3)8-13(4)10-14/h8-11,15H,5-7H2,1-4H3. The van der Waals surface area contributed by atoms with Crippen LogP contribution in [0.2, 0.25) is 0 Å². The normalized spacial score (nSPS) is 13.1. The van der Waals surface area contributed by atoms with E-state index < -0.39 is 0 Å².